The monoisotopic (exact) mass is 293 g/mol. The van der Waals surface area contributed by atoms with Crippen molar-refractivity contribution in [2.24, 2.45) is 0 Å². The van der Waals surface area contributed by atoms with Crippen LogP contribution in [-0.2, 0) is 6.42 Å². The van der Waals surface area contributed by atoms with E-state index in [1.54, 1.807) is 14.2 Å². The first-order valence-electron chi connectivity index (χ1n) is 7.83. The summed E-state index contributed by atoms with van der Waals surface area (Å²) in [6.45, 7) is 6.42. The predicted molar refractivity (Wildman–Crippen MR) is 84.2 cm³/mol. The topological polar surface area (TPSA) is 41.9 Å². The molecule has 0 spiro atoms. The van der Waals surface area contributed by atoms with E-state index in [-0.39, 0.29) is 6.04 Å². The molecule has 0 saturated carbocycles. The molecule has 21 heavy (non-hydrogen) atoms. The Morgan fingerprint density at radius 3 is 2.19 bits per heavy atom. The Kier molecular flexibility index (Phi) is 5.48. The number of ether oxygens (including phenoxy) is 2. The maximum atomic E-state index is 10.7. The summed E-state index contributed by atoms with van der Waals surface area (Å²) >= 11 is 0. The minimum atomic E-state index is -0.446. The van der Waals surface area contributed by atoms with Crippen molar-refractivity contribution in [2.45, 2.75) is 45.3 Å². The van der Waals surface area contributed by atoms with Crippen LogP contribution in [0.2, 0.25) is 0 Å². The third-order valence-electron chi connectivity index (χ3n) is 4.25. The molecule has 0 unspecified atom stereocenters. The largest absolute Gasteiger partial charge is 0.493 e. The highest BCUT2D eigenvalue weighted by molar-refractivity contribution is 5.50. The van der Waals surface area contributed by atoms with Crippen molar-refractivity contribution in [3.8, 4) is 11.5 Å². The van der Waals surface area contributed by atoms with Gasteiger partial charge in [-0.25, -0.2) is 0 Å². The molecule has 1 N–H and O–H groups in total. The highest BCUT2D eigenvalue weighted by Gasteiger charge is 2.35. The fourth-order valence-corrected chi connectivity index (χ4v) is 3.28. The minimum absolute atomic E-state index is 0.164. The zero-order chi connectivity index (χ0) is 15.4. The Morgan fingerprint density at radius 1 is 1.10 bits per heavy atom. The highest BCUT2D eigenvalue weighted by Crippen LogP contribution is 2.41. The number of fused-ring (bicyclic) bond motifs is 1. The Hall–Kier alpha value is -1.26. The number of hydrogen-bond donors (Lipinski definition) is 1. The molecule has 2 rings (SSSR count). The lowest BCUT2D eigenvalue weighted by Gasteiger charge is -2.30. The van der Waals surface area contributed by atoms with Gasteiger partial charge in [0.25, 0.3) is 0 Å². The molecule has 4 nitrogen and oxygen atoms in total. The SMILES string of the molecule is CCCN(CCC)[C@H]1Cc2cc(OC)c(OC)cc2[C@@H]1O. The summed E-state index contributed by atoms with van der Waals surface area (Å²) < 4.78 is 10.7. The fraction of sp³-hybridized carbons (Fsp3) is 0.647. The van der Waals surface area contributed by atoms with E-state index in [0.29, 0.717) is 5.75 Å². The summed E-state index contributed by atoms with van der Waals surface area (Å²) in [7, 11) is 3.27. The van der Waals surface area contributed by atoms with Gasteiger partial charge in [0.2, 0.25) is 0 Å². The van der Waals surface area contributed by atoms with Gasteiger partial charge in [-0.05, 0) is 55.6 Å². The molecule has 0 saturated heterocycles. The summed E-state index contributed by atoms with van der Waals surface area (Å²) in [5.74, 6) is 1.43. The normalized spacial score (nSPS) is 20.7. The molecule has 0 aliphatic heterocycles. The van der Waals surface area contributed by atoms with E-state index in [2.05, 4.69) is 18.7 Å². The van der Waals surface area contributed by atoms with Gasteiger partial charge < -0.3 is 14.6 Å². The number of aliphatic hydroxyl groups is 1. The highest BCUT2D eigenvalue weighted by atomic mass is 16.5. The van der Waals surface area contributed by atoms with E-state index in [1.807, 2.05) is 12.1 Å². The van der Waals surface area contributed by atoms with Gasteiger partial charge >= 0.3 is 0 Å². The van der Waals surface area contributed by atoms with Gasteiger partial charge in [-0.3, -0.25) is 4.90 Å². The number of hydrogen-bond acceptors (Lipinski definition) is 4. The molecule has 0 radical (unpaired) electrons. The van der Waals surface area contributed by atoms with Crippen LogP contribution in [-0.4, -0.2) is 43.4 Å². The van der Waals surface area contributed by atoms with E-state index in [9.17, 15) is 5.11 Å². The summed E-state index contributed by atoms with van der Waals surface area (Å²) in [6.07, 6.45) is 2.63. The van der Waals surface area contributed by atoms with Crippen LogP contribution >= 0.6 is 0 Å². The van der Waals surface area contributed by atoms with Crippen molar-refractivity contribution < 1.29 is 14.6 Å². The molecule has 1 aromatic rings. The smallest absolute Gasteiger partial charge is 0.161 e. The summed E-state index contributed by atoms with van der Waals surface area (Å²) in [4.78, 5) is 2.41. The maximum Gasteiger partial charge on any atom is 0.161 e. The number of rotatable bonds is 7. The average molecular weight is 293 g/mol. The Labute approximate surface area is 127 Å². The molecule has 0 amide bonds. The third-order valence-corrected chi connectivity index (χ3v) is 4.25. The number of methoxy groups -OCH3 is 2. The van der Waals surface area contributed by atoms with Gasteiger partial charge in [0.15, 0.2) is 11.5 Å². The molecule has 1 aromatic carbocycles. The van der Waals surface area contributed by atoms with Crippen molar-refractivity contribution in [2.75, 3.05) is 27.3 Å². The fourth-order valence-electron chi connectivity index (χ4n) is 3.28. The van der Waals surface area contributed by atoms with Crippen molar-refractivity contribution in [3.63, 3.8) is 0 Å². The molecule has 0 bridgehead atoms. The van der Waals surface area contributed by atoms with Gasteiger partial charge in [-0.15, -0.1) is 0 Å². The second kappa shape index (κ2) is 7.14. The van der Waals surface area contributed by atoms with Crippen molar-refractivity contribution in [1.29, 1.82) is 0 Å². The second-order valence-corrected chi connectivity index (χ2v) is 5.66. The molecule has 1 aliphatic carbocycles. The van der Waals surface area contributed by atoms with Crippen LogP contribution in [0.5, 0.6) is 11.5 Å². The van der Waals surface area contributed by atoms with E-state index in [4.69, 9.17) is 9.47 Å². The quantitative estimate of drug-likeness (QED) is 0.839. The summed E-state index contributed by atoms with van der Waals surface area (Å²) in [5.41, 5.74) is 2.15. The van der Waals surface area contributed by atoms with E-state index >= 15 is 0 Å². The first-order chi connectivity index (χ1) is 10.2. The molecule has 0 aromatic heterocycles. The lowest BCUT2D eigenvalue weighted by Crippen LogP contribution is -2.39. The van der Waals surface area contributed by atoms with Crippen LogP contribution in [0.15, 0.2) is 12.1 Å². The van der Waals surface area contributed by atoms with Crippen molar-refractivity contribution >= 4 is 0 Å². The zero-order valence-electron chi connectivity index (χ0n) is 13.6. The first-order valence-corrected chi connectivity index (χ1v) is 7.83. The average Bonchev–Trinajstić information content (AvgIpc) is 2.82. The van der Waals surface area contributed by atoms with E-state index < -0.39 is 6.10 Å². The van der Waals surface area contributed by atoms with E-state index in [1.165, 1.54) is 5.56 Å². The maximum absolute atomic E-state index is 10.7. The van der Waals surface area contributed by atoms with Crippen LogP contribution in [0.1, 0.15) is 43.9 Å². The molecule has 4 heteroatoms. The number of nitrogens with zero attached hydrogens (tertiary/aromatic N) is 1. The van der Waals surface area contributed by atoms with Gasteiger partial charge in [0.1, 0.15) is 0 Å². The molecule has 0 fully saturated rings. The van der Waals surface area contributed by atoms with Crippen LogP contribution in [0.25, 0.3) is 0 Å². The first kappa shape index (κ1) is 16.1. The molecule has 118 valence electrons. The molecule has 1 aliphatic rings. The third kappa shape index (κ3) is 3.16. The molecular weight excluding hydrogens is 266 g/mol. The number of aliphatic hydroxyl groups excluding tert-OH is 1. The minimum Gasteiger partial charge on any atom is -0.493 e. The van der Waals surface area contributed by atoms with Crippen molar-refractivity contribution in [3.05, 3.63) is 23.3 Å². The van der Waals surface area contributed by atoms with Gasteiger partial charge in [-0.2, -0.15) is 0 Å². The Morgan fingerprint density at radius 2 is 1.67 bits per heavy atom. The van der Waals surface area contributed by atoms with Crippen LogP contribution in [0.4, 0.5) is 0 Å². The summed E-state index contributed by atoms with van der Waals surface area (Å²) in [6, 6.07) is 4.10. The van der Waals surface area contributed by atoms with E-state index in [0.717, 1.165) is 43.7 Å². The van der Waals surface area contributed by atoms with Crippen LogP contribution in [0.3, 0.4) is 0 Å². The summed E-state index contributed by atoms with van der Waals surface area (Å²) in [5, 5.41) is 10.7. The second-order valence-electron chi connectivity index (χ2n) is 5.66. The molecule has 2 atom stereocenters. The lowest BCUT2D eigenvalue weighted by atomic mass is 10.1. The predicted octanol–water partition coefficient (Wildman–Crippen LogP) is 2.78. The van der Waals surface area contributed by atoms with Crippen LogP contribution < -0.4 is 9.47 Å². The number of benzene rings is 1. The molecule has 0 heterocycles. The van der Waals surface area contributed by atoms with Crippen LogP contribution in [0, 0.1) is 0 Å². The Balaban J connectivity index is 2.28. The van der Waals surface area contributed by atoms with Gasteiger partial charge in [0, 0.05) is 6.04 Å². The Bertz CT molecular complexity index is 469. The standard InChI is InChI=1S/C17H27NO3/c1-5-7-18(8-6-2)14-9-12-10-15(20-3)16(21-4)11-13(12)17(14)19/h10-11,14,17,19H,5-9H2,1-4H3/t14-,17-/m0/s1. The molecular formula is C17H27NO3. The van der Waals surface area contributed by atoms with Gasteiger partial charge in [0.05, 0.1) is 20.3 Å². The van der Waals surface area contributed by atoms with Gasteiger partial charge in [-0.1, -0.05) is 13.8 Å². The lowest BCUT2D eigenvalue weighted by molar-refractivity contribution is 0.0604. The zero-order valence-corrected chi connectivity index (χ0v) is 13.6. The van der Waals surface area contributed by atoms with Crippen molar-refractivity contribution in [1.82, 2.24) is 4.90 Å².